The van der Waals surface area contributed by atoms with Crippen molar-refractivity contribution in [3.8, 4) is 0 Å². The second-order valence-electron chi connectivity index (χ2n) is 4.41. The topological polar surface area (TPSA) is 58.6 Å². The van der Waals surface area contributed by atoms with Gasteiger partial charge in [-0.15, -0.1) is 0 Å². The number of nitrogens with one attached hydrogen (secondary N) is 1. The van der Waals surface area contributed by atoms with Gasteiger partial charge in [0.05, 0.1) is 10.7 Å². The van der Waals surface area contributed by atoms with E-state index in [1.54, 1.807) is 19.2 Å². The molecule has 0 radical (unpaired) electrons. The van der Waals surface area contributed by atoms with Gasteiger partial charge in [0.2, 0.25) is 0 Å². The number of carbonyl (C=O) groups excluding carboxylic acids is 2. The molecule has 2 rings (SSSR count). The SMILES string of the molecule is COCCCC1NC(=O)N(c2cc(Cl)ccc2Cl)C1=O. The van der Waals surface area contributed by atoms with Gasteiger partial charge in [0.25, 0.3) is 5.91 Å². The normalized spacial score (nSPS) is 18.6. The molecule has 1 aromatic rings. The van der Waals surface area contributed by atoms with E-state index in [0.717, 1.165) is 4.90 Å². The molecule has 0 saturated carbocycles. The molecule has 1 heterocycles. The summed E-state index contributed by atoms with van der Waals surface area (Å²) in [4.78, 5) is 25.3. The number of imide groups is 1. The molecule has 7 heteroatoms. The number of rotatable bonds is 5. The van der Waals surface area contributed by atoms with Gasteiger partial charge in [0.1, 0.15) is 6.04 Å². The lowest BCUT2D eigenvalue weighted by Crippen LogP contribution is -2.31. The van der Waals surface area contributed by atoms with Crippen molar-refractivity contribution in [2.24, 2.45) is 0 Å². The Kier molecular flexibility index (Phi) is 4.86. The standard InChI is InChI=1S/C13H14Cl2N2O3/c1-20-6-2-3-10-12(18)17(13(19)16-10)11-7-8(14)4-5-9(11)15/h4-5,7,10H,2-3,6H2,1H3,(H,16,19). The summed E-state index contributed by atoms with van der Waals surface area (Å²) in [7, 11) is 1.59. The molecule has 0 spiro atoms. The molecular formula is C13H14Cl2N2O3. The largest absolute Gasteiger partial charge is 0.385 e. The lowest BCUT2D eigenvalue weighted by Gasteiger charge is -2.15. The maximum absolute atomic E-state index is 12.3. The lowest BCUT2D eigenvalue weighted by molar-refractivity contribution is -0.118. The Morgan fingerprint density at radius 3 is 2.80 bits per heavy atom. The molecule has 108 valence electrons. The zero-order chi connectivity index (χ0) is 14.7. The number of nitrogens with zero attached hydrogens (tertiary/aromatic N) is 1. The van der Waals surface area contributed by atoms with Crippen molar-refractivity contribution < 1.29 is 14.3 Å². The minimum absolute atomic E-state index is 0.301. The third-order valence-corrected chi connectivity index (χ3v) is 3.56. The van der Waals surface area contributed by atoms with E-state index in [1.807, 2.05) is 0 Å². The number of amides is 3. The zero-order valence-corrected chi connectivity index (χ0v) is 12.4. The van der Waals surface area contributed by atoms with Gasteiger partial charge < -0.3 is 10.1 Å². The fourth-order valence-corrected chi connectivity index (χ4v) is 2.41. The van der Waals surface area contributed by atoms with Gasteiger partial charge >= 0.3 is 6.03 Å². The van der Waals surface area contributed by atoms with Crippen LogP contribution in [-0.4, -0.2) is 31.7 Å². The molecule has 1 N–H and O–H groups in total. The van der Waals surface area contributed by atoms with E-state index < -0.39 is 12.1 Å². The first-order valence-electron chi connectivity index (χ1n) is 6.13. The second-order valence-corrected chi connectivity index (χ2v) is 5.25. The first kappa shape index (κ1) is 15.1. The molecule has 1 fully saturated rings. The Bertz CT molecular complexity index is 536. The quantitative estimate of drug-likeness (QED) is 0.671. The maximum atomic E-state index is 12.3. The molecule has 1 aliphatic rings. The van der Waals surface area contributed by atoms with Crippen LogP contribution in [0.3, 0.4) is 0 Å². The number of methoxy groups -OCH3 is 1. The van der Waals surface area contributed by atoms with Gasteiger partial charge in [0, 0.05) is 18.7 Å². The van der Waals surface area contributed by atoms with E-state index in [2.05, 4.69) is 5.32 Å². The number of urea groups is 1. The summed E-state index contributed by atoms with van der Waals surface area (Å²) in [5.74, 6) is -0.324. The molecule has 3 amide bonds. The Hall–Kier alpha value is -1.30. The Morgan fingerprint density at radius 1 is 1.35 bits per heavy atom. The van der Waals surface area contributed by atoms with Crippen LogP contribution in [0.15, 0.2) is 18.2 Å². The molecule has 20 heavy (non-hydrogen) atoms. The highest BCUT2D eigenvalue weighted by Gasteiger charge is 2.39. The van der Waals surface area contributed by atoms with Gasteiger partial charge in [-0.05, 0) is 31.0 Å². The summed E-state index contributed by atoms with van der Waals surface area (Å²) >= 11 is 11.9. The third-order valence-electron chi connectivity index (χ3n) is 3.01. The molecule has 1 aliphatic heterocycles. The zero-order valence-electron chi connectivity index (χ0n) is 10.9. The predicted octanol–water partition coefficient (Wildman–Crippen LogP) is 2.84. The number of ether oxygens (including phenoxy) is 1. The molecular weight excluding hydrogens is 303 g/mol. The number of benzene rings is 1. The highest BCUT2D eigenvalue weighted by molar-refractivity contribution is 6.37. The summed E-state index contributed by atoms with van der Waals surface area (Å²) in [5.41, 5.74) is 0.302. The summed E-state index contributed by atoms with van der Waals surface area (Å²) in [5, 5.41) is 3.35. The van der Waals surface area contributed by atoms with Crippen molar-refractivity contribution in [1.82, 2.24) is 5.32 Å². The summed E-state index contributed by atoms with van der Waals surface area (Å²) in [6.45, 7) is 0.539. The molecule has 1 unspecified atom stereocenters. The first-order chi connectivity index (χ1) is 9.54. The fourth-order valence-electron chi connectivity index (χ4n) is 2.04. The number of hydrogen-bond donors (Lipinski definition) is 1. The van der Waals surface area contributed by atoms with Crippen LogP contribution < -0.4 is 10.2 Å². The predicted molar refractivity (Wildman–Crippen MR) is 77.4 cm³/mol. The Balaban J connectivity index is 2.18. The molecule has 0 bridgehead atoms. The Labute approximate surface area is 126 Å². The highest BCUT2D eigenvalue weighted by Crippen LogP contribution is 2.31. The van der Waals surface area contributed by atoms with Crippen molar-refractivity contribution in [3.63, 3.8) is 0 Å². The van der Waals surface area contributed by atoms with Crippen LogP contribution in [0.2, 0.25) is 10.0 Å². The van der Waals surface area contributed by atoms with Gasteiger partial charge in [-0.2, -0.15) is 0 Å². The van der Waals surface area contributed by atoms with Gasteiger partial charge in [0.15, 0.2) is 0 Å². The van der Waals surface area contributed by atoms with Crippen LogP contribution in [0.5, 0.6) is 0 Å². The van der Waals surface area contributed by atoms with Crippen molar-refractivity contribution in [2.75, 3.05) is 18.6 Å². The minimum atomic E-state index is -0.548. The van der Waals surface area contributed by atoms with Gasteiger partial charge in [-0.1, -0.05) is 23.2 Å². The van der Waals surface area contributed by atoms with E-state index in [9.17, 15) is 9.59 Å². The summed E-state index contributed by atoms with van der Waals surface area (Å²) in [6.07, 6.45) is 1.21. The van der Waals surface area contributed by atoms with E-state index in [-0.39, 0.29) is 5.91 Å². The maximum Gasteiger partial charge on any atom is 0.329 e. The molecule has 0 aromatic heterocycles. The minimum Gasteiger partial charge on any atom is -0.385 e. The van der Waals surface area contributed by atoms with E-state index in [1.165, 1.54) is 6.07 Å². The first-order valence-corrected chi connectivity index (χ1v) is 6.88. The van der Waals surface area contributed by atoms with E-state index >= 15 is 0 Å². The number of hydrogen-bond acceptors (Lipinski definition) is 3. The van der Waals surface area contributed by atoms with Crippen LogP contribution in [-0.2, 0) is 9.53 Å². The second kappa shape index (κ2) is 6.43. The van der Waals surface area contributed by atoms with Crippen LogP contribution in [0.25, 0.3) is 0 Å². The van der Waals surface area contributed by atoms with Crippen molar-refractivity contribution in [1.29, 1.82) is 0 Å². The van der Waals surface area contributed by atoms with Crippen molar-refractivity contribution in [3.05, 3.63) is 28.2 Å². The molecule has 0 aliphatic carbocycles. The summed E-state index contributed by atoms with van der Waals surface area (Å²) in [6, 6.07) is 3.62. The third kappa shape index (κ3) is 3.06. The Morgan fingerprint density at radius 2 is 2.10 bits per heavy atom. The van der Waals surface area contributed by atoms with Crippen LogP contribution in [0, 0.1) is 0 Å². The average Bonchev–Trinajstić information content (AvgIpc) is 2.68. The molecule has 5 nitrogen and oxygen atoms in total. The van der Waals surface area contributed by atoms with E-state index in [0.29, 0.717) is 35.2 Å². The van der Waals surface area contributed by atoms with Crippen molar-refractivity contribution >= 4 is 40.8 Å². The molecule has 1 saturated heterocycles. The van der Waals surface area contributed by atoms with Crippen molar-refractivity contribution in [2.45, 2.75) is 18.9 Å². The van der Waals surface area contributed by atoms with Gasteiger partial charge in [-0.25, -0.2) is 9.69 Å². The lowest BCUT2D eigenvalue weighted by atomic mass is 10.1. The van der Waals surface area contributed by atoms with Crippen LogP contribution in [0.1, 0.15) is 12.8 Å². The molecule has 1 atom stereocenters. The van der Waals surface area contributed by atoms with Gasteiger partial charge in [-0.3, -0.25) is 4.79 Å². The van der Waals surface area contributed by atoms with E-state index in [4.69, 9.17) is 27.9 Å². The monoisotopic (exact) mass is 316 g/mol. The average molecular weight is 317 g/mol. The smallest absolute Gasteiger partial charge is 0.329 e. The number of anilines is 1. The van der Waals surface area contributed by atoms with Crippen LogP contribution >= 0.6 is 23.2 Å². The molecule has 1 aromatic carbocycles. The number of halogens is 2. The summed E-state index contributed by atoms with van der Waals surface area (Å²) < 4.78 is 4.93. The fraction of sp³-hybridized carbons (Fsp3) is 0.385. The number of carbonyl (C=O) groups is 2. The van der Waals surface area contributed by atoms with Crippen LogP contribution in [0.4, 0.5) is 10.5 Å². The highest BCUT2D eigenvalue weighted by atomic mass is 35.5.